The lowest BCUT2D eigenvalue weighted by molar-refractivity contribution is -0.138. The van der Waals surface area contributed by atoms with Gasteiger partial charge in [0.1, 0.15) is 6.54 Å². The van der Waals surface area contributed by atoms with Crippen molar-refractivity contribution in [1.29, 1.82) is 0 Å². The van der Waals surface area contributed by atoms with Crippen LogP contribution >= 0.6 is 0 Å². The van der Waals surface area contributed by atoms with Crippen molar-refractivity contribution in [2.45, 2.75) is 32.5 Å². The van der Waals surface area contributed by atoms with E-state index < -0.39 is 34.5 Å². The normalized spacial score (nSPS) is 13.8. The number of aliphatic hydroxyl groups is 1. The Balaban J connectivity index is 4.78. The standard InChI is InChI=1S/C8H16F3NO3S/c1-7(2)12(6-8(9,10)11)16(14,15)5-3-4-13/h7,13H,3-6H2,1-2H3. The second kappa shape index (κ2) is 5.83. The van der Waals surface area contributed by atoms with Crippen LogP contribution in [0.4, 0.5) is 13.2 Å². The Morgan fingerprint density at radius 3 is 2.12 bits per heavy atom. The van der Waals surface area contributed by atoms with E-state index in [1.165, 1.54) is 13.8 Å². The quantitative estimate of drug-likeness (QED) is 0.777. The molecule has 0 aromatic rings. The van der Waals surface area contributed by atoms with Crippen molar-refractivity contribution in [3.8, 4) is 0 Å². The SMILES string of the molecule is CC(C)N(CC(F)(F)F)S(=O)(=O)CCCO. The van der Waals surface area contributed by atoms with Crippen molar-refractivity contribution in [2.75, 3.05) is 18.9 Å². The van der Waals surface area contributed by atoms with Crippen LogP contribution in [0.2, 0.25) is 0 Å². The Labute approximate surface area is 93.1 Å². The summed E-state index contributed by atoms with van der Waals surface area (Å²) in [4.78, 5) is 0. The van der Waals surface area contributed by atoms with Crippen LogP contribution in [0.5, 0.6) is 0 Å². The molecule has 1 N–H and O–H groups in total. The Morgan fingerprint density at radius 2 is 1.81 bits per heavy atom. The zero-order valence-corrected chi connectivity index (χ0v) is 9.98. The molecule has 0 saturated heterocycles. The molecule has 0 unspecified atom stereocenters. The van der Waals surface area contributed by atoms with Crippen LogP contribution < -0.4 is 0 Å². The molecule has 16 heavy (non-hydrogen) atoms. The van der Waals surface area contributed by atoms with Crippen LogP contribution in [-0.4, -0.2) is 49.0 Å². The molecule has 0 bridgehead atoms. The van der Waals surface area contributed by atoms with E-state index in [1.54, 1.807) is 0 Å². The molecular formula is C8H16F3NO3S. The lowest BCUT2D eigenvalue weighted by atomic mass is 10.4. The van der Waals surface area contributed by atoms with E-state index in [1.807, 2.05) is 0 Å². The monoisotopic (exact) mass is 263 g/mol. The summed E-state index contributed by atoms with van der Waals surface area (Å²) in [5.74, 6) is -0.474. The summed E-state index contributed by atoms with van der Waals surface area (Å²) in [6.07, 6.45) is -4.63. The smallest absolute Gasteiger partial charge is 0.396 e. The lowest BCUT2D eigenvalue weighted by Gasteiger charge is -2.26. The highest BCUT2D eigenvalue weighted by Gasteiger charge is 2.37. The fourth-order valence-corrected chi connectivity index (χ4v) is 2.86. The van der Waals surface area contributed by atoms with Gasteiger partial charge in [-0.15, -0.1) is 0 Å². The van der Waals surface area contributed by atoms with E-state index in [0.717, 1.165) is 0 Å². The second-order valence-electron chi connectivity index (χ2n) is 3.65. The van der Waals surface area contributed by atoms with Crippen molar-refractivity contribution in [2.24, 2.45) is 0 Å². The summed E-state index contributed by atoms with van der Waals surface area (Å²) in [5.41, 5.74) is 0. The Morgan fingerprint density at radius 1 is 1.31 bits per heavy atom. The molecule has 0 rings (SSSR count). The lowest BCUT2D eigenvalue weighted by Crippen LogP contribution is -2.44. The van der Waals surface area contributed by atoms with Gasteiger partial charge < -0.3 is 5.11 Å². The summed E-state index contributed by atoms with van der Waals surface area (Å²) in [6, 6.07) is -0.759. The number of rotatable bonds is 6. The minimum absolute atomic E-state index is 0.0661. The highest BCUT2D eigenvalue weighted by atomic mass is 32.2. The molecule has 0 atom stereocenters. The molecule has 4 nitrogen and oxygen atoms in total. The van der Waals surface area contributed by atoms with E-state index in [4.69, 9.17) is 5.11 Å². The molecule has 0 radical (unpaired) electrons. The molecule has 98 valence electrons. The van der Waals surface area contributed by atoms with Crippen molar-refractivity contribution in [1.82, 2.24) is 4.31 Å². The Bertz CT molecular complexity index is 300. The van der Waals surface area contributed by atoms with E-state index in [2.05, 4.69) is 0 Å². The van der Waals surface area contributed by atoms with E-state index in [9.17, 15) is 21.6 Å². The molecule has 0 aliphatic rings. The van der Waals surface area contributed by atoms with Crippen LogP contribution in [0.25, 0.3) is 0 Å². The first-order chi connectivity index (χ1) is 7.10. The number of hydrogen-bond acceptors (Lipinski definition) is 3. The minimum atomic E-state index is -4.56. The van der Waals surface area contributed by atoms with Crippen LogP contribution in [0.15, 0.2) is 0 Å². The largest absolute Gasteiger partial charge is 0.402 e. The topological polar surface area (TPSA) is 57.6 Å². The van der Waals surface area contributed by atoms with E-state index in [0.29, 0.717) is 4.31 Å². The second-order valence-corrected chi connectivity index (χ2v) is 5.69. The third kappa shape index (κ3) is 5.66. The zero-order valence-electron chi connectivity index (χ0n) is 9.16. The van der Waals surface area contributed by atoms with Gasteiger partial charge in [-0.05, 0) is 20.3 Å². The first kappa shape index (κ1) is 15.7. The number of sulfonamides is 1. The average molecular weight is 263 g/mol. The van der Waals surface area contributed by atoms with Crippen molar-refractivity contribution < 1.29 is 26.7 Å². The van der Waals surface area contributed by atoms with Crippen LogP contribution in [0.3, 0.4) is 0 Å². The first-order valence-electron chi connectivity index (χ1n) is 4.77. The van der Waals surface area contributed by atoms with Crippen LogP contribution in [0.1, 0.15) is 20.3 Å². The summed E-state index contributed by atoms with van der Waals surface area (Å²) >= 11 is 0. The van der Waals surface area contributed by atoms with Gasteiger partial charge in [0.2, 0.25) is 10.0 Å². The Hall–Kier alpha value is -0.340. The molecule has 8 heteroatoms. The molecule has 0 fully saturated rings. The third-order valence-electron chi connectivity index (χ3n) is 1.83. The maximum Gasteiger partial charge on any atom is 0.402 e. The van der Waals surface area contributed by atoms with Crippen molar-refractivity contribution in [3.05, 3.63) is 0 Å². The van der Waals surface area contributed by atoms with Gasteiger partial charge in [0, 0.05) is 12.6 Å². The summed E-state index contributed by atoms with van der Waals surface area (Å²) in [6.45, 7) is 0.903. The molecule has 0 aromatic carbocycles. The molecule has 0 aliphatic heterocycles. The van der Waals surface area contributed by atoms with Crippen molar-refractivity contribution in [3.63, 3.8) is 0 Å². The number of alkyl halides is 3. The third-order valence-corrected chi connectivity index (χ3v) is 3.90. The van der Waals surface area contributed by atoms with Gasteiger partial charge in [-0.1, -0.05) is 0 Å². The van der Waals surface area contributed by atoms with Gasteiger partial charge in [0.15, 0.2) is 0 Å². The summed E-state index contributed by atoms with van der Waals surface area (Å²) < 4.78 is 59.9. The highest BCUT2D eigenvalue weighted by molar-refractivity contribution is 7.89. The molecule has 0 aliphatic carbocycles. The van der Waals surface area contributed by atoms with Gasteiger partial charge in [0.05, 0.1) is 5.75 Å². The summed E-state index contributed by atoms with van der Waals surface area (Å²) in [5, 5.41) is 8.48. The maximum absolute atomic E-state index is 12.2. The van der Waals surface area contributed by atoms with E-state index in [-0.39, 0.29) is 13.0 Å². The van der Waals surface area contributed by atoms with Crippen molar-refractivity contribution >= 4 is 10.0 Å². The van der Waals surface area contributed by atoms with Crippen LogP contribution in [0, 0.1) is 0 Å². The molecule has 0 spiro atoms. The average Bonchev–Trinajstić information content (AvgIpc) is 2.09. The molecule has 0 heterocycles. The number of hydrogen-bond donors (Lipinski definition) is 1. The molecular weight excluding hydrogens is 247 g/mol. The number of nitrogens with zero attached hydrogens (tertiary/aromatic N) is 1. The zero-order chi connectivity index (χ0) is 13.0. The fourth-order valence-electron chi connectivity index (χ4n) is 1.14. The molecule has 0 saturated carbocycles. The predicted octanol–water partition coefficient (Wildman–Crippen LogP) is 0.971. The van der Waals surface area contributed by atoms with Crippen LogP contribution in [-0.2, 0) is 10.0 Å². The predicted molar refractivity (Wildman–Crippen MR) is 53.4 cm³/mol. The fraction of sp³-hybridized carbons (Fsp3) is 1.00. The maximum atomic E-state index is 12.2. The Kier molecular flexibility index (Phi) is 5.71. The van der Waals surface area contributed by atoms with E-state index >= 15 is 0 Å². The molecule has 0 aromatic heterocycles. The molecule has 0 amide bonds. The highest BCUT2D eigenvalue weighted by Crippen LogP contribution is 2.20. The van der Waals surface area contributed by atoms with Gasteiger partial charge >= 0.3 is 6.18 Å². The minimum Gasteiger partial charge on any atom is -0.396 e. The van der Waals surface area contributed by atoms with Gasteiger partial charge in [0.25, 0.3) is 0 Å². The van der Waals surface area contributed by atoms with Gasteiger partial charge in [-0.3, -0.25) is 0 Å². The summed E-state index contributed by atoms with van der Waals surface area (Å²) in [7, 11) is -3.96. The van der Waals surface area contributed by atoms with Gasteiger partial charge in [-0.2, -0.15) is 17.5 Å². The van der Waals surface area contributed by atoms with Gasteiger partial charge in [-0.25, -0.2) is 8.42 Å². The first-order valence-corrected chi connectivity index (χ1v) is 6.38. The number of halogens is 3. The number of aliphatic hydroxyl groups excluding tert-OH is 1.